The van der Waals surface area contributed by atoms with Crippen molar-refractivity contribution in [3.8, 4) is 0 Å². The zero-order valence-corrected chi connectivity index (χ0v) is 10.3. The van der Waals surface area contributed by atoms with Crippen LogP contribution in [0.2, 0.25) is 0 Å². The highest BCUT2D eigenvalue weighted by Gasteiger charge is 2.40. The molecular formula is C14H23NO. The molecule has 3 fully saturated rings. The van der Waals surface area contributed by atoms with E-state index >= 15 is 0 Å². The maximum atomic E-state index is 12.1. The average molecular weight is 221 g/mol. The minimum absolute atomic E-state index is 0.410. The van der Waals surface area contributed by atoms with E-state index in [-0.39, 0.29) is 0 Å². The lowest BCUT2D eigenvalue weighted by atomic mass is 9.86. The molecule has 90 valence electrons. The summed E-state index contributed by atoms with van der Waals surface area (Å²) in [5, 5.41) is 0. The van der Waals surface area contributed by atoms with Gasteiger partial charge in [0.15, 0.2) is 0 Å². The van der Waals surface area contributed by atoms with Crippen LogP contribution in [0.15, 0.2) is 0 Å². The normalized spacial score (nSPS) is 38.9. The van der Waals surface area contributed by atoms with Gasteiger partial charge in [-0.3, -0.25) is 4.79 Å². The van der Waals surface area contributed by atoms with E-state index in [1.807, 2.05) is 0 Å². The average Bonchev–Trinajstić information content (AvgIpc) is 3.07. The molecule has 2 bridgehead atoms. The second kappa shape index (κ2) is 4.14. The summed E-state index contributed by atoms with van der Waals surface area (Å²) in [5.41, 5.74) is 0. The third kappa shape index (κ3) is 2.04. The van der Waals surface area contributed by atoms with Gasteiger partial charge in [-0.05, 0) is 45.1 Å². The second-order valence-corrected chi connectivity index (χ2v) is 6.17. The van der Waals surface area contributed by atoms with E-state index in [4.69, 9.17) is 0 Å². The van der Waals surface area contributed by atoms with Crippen LogP contribution in [0, 0.1) is 11.8 Å². The van der Waals surface area contributed by atoms with Gasteiger partial charge in [-0.2, -0.15) is 0 Å². The largest absolute Gasteiger partial charge is 0.300 e. The number of nitrogens with zero attached hydrogens (tertiary/aromatic N) is 1. The van der Waals surface area contributed by atoms with Crippen LogP contribution in [0.5, 0.6) is 0 Å². The Labute approximate surface area is 98.4 Å². The van der Waals surface area contributed by atoms with Gasteiger partial charge in [0.05, 0.1) is 0 Å². The maximum absolute atomic E-state index is 12.1. The van der Waals surface area contributed by atoms with Crippen molar-refractivity contribution in [3.63, 3.8) is 0 Å². The van der Waals surface area contributed by atoms with Crippen LogP contribution in [-0.4, -0.2) is 29.8 Å². The molecular weight excluding hydrogens is 198 g/mol. The lowest BCUT2D eigenvalue weighted by Gasteiger charge is -2.35. The summed E-state index contributed by atoms with van der Waals surface area (Å²) in [5.74, 6) is 1.90. The zero-order chi connectivity index (χ0) is 11.1. The predicted molar refractivity (Wildman–Crippen MR) is 64.3 cm³/mol. The molecule has 0 radical (unpaired) electrons. The molecule has 2 atom stereocenters. The summed E-state index contributed by atoms with van der Waals surface area (Å²) < 4.78 is 0. The maximum Gasteiger partial charge on any atom is 0.136 e. The number of fused-ring (bicyclic) bond motifs is 2. The van der Waals surface area contributed by atoms with E-state index in [1.54, 1.807) is 0 Å². The SMILES string of the molecule is CN1C2CCC1CC(C(=O)CCC1CC1)C2. The van der Waals surface area contributed by atoms with Crippen LogP contribution >= 0.6 is 0 Å². The number of Topliss-reactive ketones (excluding diaryl/α,β-unsaturated/α-hetero) is 1. The molecule has 0 aromatic heterocycles. The number of hydrogen-bond donors (Lipinski definition) is 0. The number of piperidine rings is 1. The fourth-order valence-corrected chi connectivity index (χ4v) is 3.63. The number of ketones is 1. The summed E-state index contributed by atoms with van der Waals surface area (Å²) in [7, 11) is 2.24. The van der Waals surface area contributed by atoms with Crippen LogP contribution in [0.3, 0.4) is 0 Å². The van der Waals surface area contributed by atoms with Gasteiger partial charge in [-0.1, -0.05) is 12.8 Å². The van der Waals surface area contributed by atoms with Gasteiger partial charge in [-0.15, -0.1) is 0 Å². The molecule has 0 amide bonds. The number of carbonyl (C=O) groups excluding carboxylic acids is 1. The van der Waals surface area contributed by atoms with E-state index in [9.17, 15) is 4.79 Å². The van der Waals surface area contributed by atoms with Gasteiger partial charge >= 0.3 is 0 Å². The smallest absolute Gasteiger partial charge is 0.136 e. The first-order valence-corrected chi connectivity index (χ1v) is 6.98. The Morgan fingerprint density at radius 3 is 2.31 bits per heavy atom. The van der Waals surface area contributed by atoms with Crippen molar-refractivity contribution < 1.29 is 4.79 Å². The molecule has 1 saturated carbocycles. The molecule has 2 saturated heterocycles. The molecule has 2 heterocycles. The van der Waals surface area contributed by atoms with Crippen molar-refractivity contribution in [2.75, 3.05) is 7.05 Å². The molecule has 3 rings (SSSR count). The Bertz CT molecular complexity index is 270. The Hall–Kier alpha value is -0.370. The minimum Gasteiger partial charge on any atom is -0.300 e. The van der Waals surface area contributed by atoms with Gasteiger partial charge in [0.2, 0.25) is 0 Å². The van der Waals surface area contributed by atoms with Crippen LogP contribution in [0.4, 0.5) is 0 Å². The molecule has 2 heteroatoms. The number of carbonyl (C=O) groups is 1. The fourth-order valence-electron chi connectivity index (χ4n) is 3.63. The summed E-state index contributed by atoms with van der Waals surface area (Å²) in [6.07, 6.45) is 9.77. The van der Waals surface area contributed by atoms with Gasteiger partial charge < -0.3 is 4.90 Å². The third-order valence-electron chi connectivity index (χ3n) is 5.05. The van der Waals surface area contributed by atoms with E-state index in [0.717, 1.165) is 25.2 Å². The Morgan fingerprint density at radius 1 is 1.12 bits per heavy atom. The van der Waals surface area contributed by atoms with E-state index in [0.29, 0.717) is 23.8 Å². The lowest BCUT2D eigenvalue weighted by molar-refractivity contribution is -0.125. The van der Waals surface area contributed by atoms with E-state index < -0.39 is 0 Å². The molecule has 2 unspecified atom stereocenters. The molecule has 0 N–H and O–H groups in total. The topological polar surface area (TPSA) is 20.3 Å². The number of hydrogen-bond acceptors (Lipinski definition) is 2. The van der Waals surface area contributed by atoms with Gasteiger partial charge in [-0.25, -0.2) is 0 Å². The van der Waals surface area contributed by atoms with Crippen molar-refractivity contribution >= 4 is 5.78 Å². The second-order valence-electron chi connectivity index (χ2n) is 6.17. The van der Waals surface area contributed by atoms with E-state index in [2.05, 4.69) is 11.9 Å². The summed E-state index contributed by atoms with van der Waals surface area (Å²) in [4.78, 5) is 14.7. The Morgan fingerprint density at radius 2 is 1.75 bits per heavy atom. The third-order valence-corrected chi connectivity index (χ3v) is 5.05. The molecule has 3 aliphatic rings. The monoisotopic (exact) mass is 221 g/mol. The Kier molecular flexibility index (Phi) is 2.78. The first-order valence-electron chi connectivity index (χ1n) is 6.98. The first kappa shape index (κ1) is 10.8. The highest BCUT2D eigenvalue weighted by atomic mass is 16.1. The highest BCUT2D eigenvalue weighted by molar-refractivity contribution is 5.81. The minimum atomic E-state index is 0.410. The molecule has 0 aromatic rings. The number of rotatable bonds is 4. The van der Waals surface area contributed by atoms with E-state index in [1.165, 1.54) is 32.1 Å². The van der Waals surface area contributed by atoms with Crippen molar-refractivity contribution in [1.82, 2.24) is 4.90 Å². The van der Waals surface area contributed by atoms with Crippen molar-refractivity contribution in [2.24, 2.45) is 11.8 Å². The molecule has 0 spiro atoms. The van der Waals surface area contributed by atoms with Gasteiger partial charge in [0.25, 0.3) is 0 Å². The molecule has 0 aromatic carbocycles. The molecule has 1 aliphatic carbocycles. The summed E-state index contributed by atoms with van der Waals surface area (Å²) in [6.45, 7) is 0. The summed E-state index contributed by atoms with van der Waals surface area (Å²) in [6, 6.07) is 1.43. The summed E-state index contributed by atoms with van der Waals surface area (Å²) >= 11 is 0. The molecule has 2 nitrogen and oxygen atoms in total. The van der Waals surface area contributed by atoms with Gasteiger partial charge in [0.1, 0.15) is 5.78 Å². The zero-order valence-electron chi connectivity index (χ0n) is 10.3. The molecule has 2 aliphatic heterocycles. The van der Waals surface area contributed by atoms with Crippen molar-refractivity contribution in [1.29, 1.82) is 0 Å². The highest BCUT2D eigenvalue weighted by Crippen LogP contribution is 2.39. The van der Waals surface area contributed by atoms with Crippen LogP contribution < -0.4 is 0 Å². The van der Waals surface area contributed by atoms with Gasteiger partial charge in [0, 0.05) is 24.4 Å². The lowest BCUT2D eigenvalue weighted by Crippen LogP contribution is -2.42. The quantitative estimate of drug-likeness (QED) is 0.727. The first-order chi connectivity index (χ1) is 7.74. The van der Waals surface area contributed by atoms with Crippen LogP contribution in [-0.2, 0) is 4.79 Å². The molecule has 16 heavy (non-hydrogen) atoms. The van der Waals surface area contributed by atoms with Crippen LogP contribution in [0.1, 0.15) is 51.4 Å². The standard InChI is InChI=1S/C14H23NO/c1-15-12-5-6-13(15)9-11(8-12)14(16)7-4-10-2-3-10/h10-13H,2-9H2,1H3. The van der Waals surface area contributed by atoms with Crippen molar-refractivity contribution in [3.05, 3.63) is 0 Å². The van der Waals surface area contributed by atoms with Crippen LogP contribution in [0.25, 0.3) is 0 Å². The Balaban J connectivity index is 1.53. The predicted octanol–water partition coefficient (Wildman–Crippen LogP) is 2.62. The van der Waals surface area contributed by atoms with Crippen molar-refractivity contribution in [2.45, 2.75) is 63.5 Å². The fraction of sp³-hybridized carbons (Fsp3) is 0.929.